The largest absolute Gasteiger partial charge is 0.416 e. The second kappa shape index (κ2) is 7.87. The maximum Gasteiger partial charge on any atom is 0.416 e. The normalized spacial score (nSPS) is 11.4. The lowest BCUT2D eigenvalue weighted by Crippen LogP contribution is -2.25. The number of carbonyl (C=O) groups is 1. The van der Waals surface area contributed by atoms with Crippen LogP contribution < -0.4 is 5.32 Å². The summed E-state index contributed by atoms with van der Waals surface area (Å²) in [5, 5.41) is 5.26. The minimum atomic E-state index is -4.43. The standard InChI is InChI=1S/C19H14F4N2OS/c20-15-7-3-13(4-8-15)18-25-16(11-27-18)9-10-24-17(26)12-1-5-14(6-2-12)19(21,22)23/h1-8,11H,9-10H2,(H,24,26). The van der Waals surface area contributed by atoms with Gasteiger partial charge in [0.2, 0.25) is 0 Å². The summed E-state index contributed by atoms with van der Waals surface area (Å²) in [5.74, 6) is -0.765. The average molecular weight is 394 g/mol. The van der Waals surface area contributed by atoms with E-state index in [1.54, 1.807) is 12.1 Å². The van der Waals surface area contributed by atoms with E-state index in [0.29, 0.717) is 13.0 Å². The highest BCUT2D eigenvalue weighted by Gasteiger charge is 2.30. The van der Waals surface area contributed by atoms with Gasteiger partial charge in [0.1, 0.15) is 10.8 Å². The Kier molecular flexibility index (Phi) is 5.55. The summed E-state index contributed by atoms with van der Waals surface area (Å²) in [6.07, 6.45) is -3.95. The molecule has 0 bridgehead atoms. The van der Waals surface area contributed by atoms with Crippen LogP contribution in [-0.2, 0) is 12.6 Å². The van der Waals surface area contributed by atoms with Crippen molar-refractivity contribution in [3.8, 4) is 10.6 Å². The van der Waals surface area contributed by atoms with Crippen molar-refractivity contribution in [2.45, 2.75) is 12.6 Å². The predicted octanol–water partition coefficient (Wildman–Crippen LogP) is 4.94. The van der Waals surface area contributed by atoms with Crippen molar-refractivity contribution < 1.29 is 22.4 Å². The molecule has 0 aliphatic rings. The topological polar surface area (TPSA) is 42.0 Å². The molecule has 2 aromatic carbocycles. The Balaban J connectivity index is 1.54. The van der Waals surface area contributed by atoms with Crippen LogP contribution in [0.3, 0.4) is 0 Å². The summed E-state index contributed by atoms with van der Waals surface area (Å²) in [6.45, 7) is 0.298. The second-order valence-electron chi connectivity index (χ2n) is 5.73. The van der Waals surface area contributed by atoms with Gasteiger partial charge >= 0.3 is 6.18 Å². The number of amides is 1. The van der Waals surface area contributed by atoms with Crippen molar-refractivity contribution >= 4 is 17.2 Å². The summed E-state index contributed by atoms with van der Waals surface area (Å²) in [6, 6.07) is 10.1. The van der Waals surface area contributed by atoms with Crippen LogP contribution in [0.4, 0.5) is 17.6 Å². The van der Waals surface area contributed by atoms with Gasteiger partial charge in [-0.15, -0.1) is 11.3 Å². The number of thiazole rings is 1. The summed E-state index contributed by atoms with van der Waals surface area (Å²) < 4.78 is 50.5. The molecule has 0 aliphatic carbocycles. The average Bonchev–Trinajstić information content (AvgIpc) is 3.10. The molecule has 3 aromatic rings. The number of hydrogen-bond donors (Lipinski definition) is 1. The Morgan fingerprint density at radius 1 is 1.04 bits per heavy atom. The second-order valence-corrected chi connectivity index (χ2v) is 6.59. The minimum absolute atomic E-state index is 0.160. The van der Waals surface area contributed by atoms with Crippen LogP contribution in [0.1, 0.15) is 21.6 Å². The summed E-state index contributed by atoms with van der Waals surface area (Å²) in [4.78, 5) is 16.4. The first-order valence-electron chi connectivity index (χ1n) is 7.99. The molecular formula is C19H14F4N2OS. The van der Waals surface area contributed by atoms with Crippen molar-refractivity contribution in [3.05, 3.63) is 76.5 Å². The van der Waals surface area contributed by atoms with Crippen LogP contribution in [0.15, 0.2) is 53.9 Å². The number of nitrogens with zero attached hydrogens (tertiary/aromatic N) is 1. The lowest BCUT2D eigenvalue weighted by atomic mass is 10.1. The third-order valence-electron chi connectivity index (χ3n) is 3.78. The fraction of sp³-hybridized carbons (Fsp3) is 0.158. The van der Waals surface area contributed by atoms with E-state index in [4.69, 9.17) is 0 Å². The van der Waals surface area contributed by atoms with Crippen molar-refractivity contribution in [1.82, 2.24) is 10.3 Å². The van der Waals surface area contributed by atoms with E-state index in [2.05, 4.69) is 10.3 Å². The van der Waals surface area contributed by atoms with E-state index in [-0.39, 0.29) is 11.4 Å². The lowest BCUT2D eigenvalue weighted by Gasteiger charge is -2.08. The number of nitrogens with one attached hydrogen (secondary N) is 1. The maximum atomic E-state index is 13.0. The van der Waals surface area contributed by atoms with Crippen molar-refractivity contribution in [2.75, 3.05) is 6.54 Å². The van der Waals surface area contributed by atoms with Crippen molar-refractivity contribution in [3.63, 3.8) is 0 Å². The molecule has 0 saturated carbocycles. The molecule has 27 heavy (non-hydrogen) atoms. The third-order valence-corrected chi connectivity index (χ3v) is 4.72. The zero-order chi connectivity index (χ0) is 19.4. The quantitative estimate of drug-likeness (QED) is 0.623. The molecule has 0 saturated heterocycles. The van der Waals surface area contributed by atoms with Crippen LogP contribution in [0, 0.1) is 5.82 Å². The first kappa shape index (κ1) is 19.0. The summed E-state index contributed by atoms with van der Waals surface area (Å²) >= 11 is 1.41. The van der Waals surface area contributed by atoms with Gasteiger partial charge in [0.05, 0.1) is 11.3 Å². The number of hydrogen-bond acceptors (Lipinski definition) is 3. The first-order valence-corrected chi connectivity index (χ1v) is 8.87. The first-order chi connectivity index (χ1) is 12.8. The van der Waals surface area contributed by atoms with E-state index in [9.17, 15) is 22.4 Å². The zero-order valence-corrected chi connectivity index (χ0v) is 14.7. The Bertz CT molecular complexity index is 918. The van der Waals surface area contributed by atoms with Crippen LogP contribution >= 0.6 is 11.3 Å². The van der Waals surface area contributed by atoms with Gasteiger partial charge in [-0.3, -0.25) is 4.79 Å². The maximum absolute atomic E-state index is 13.0. The Hall–Kier alpha value is -2.74. The van der Waals surface area contributed by atoms with Gasteiger partial charge < -0.3 is 5.32 Å². The molecule has 0 aliphatic heterocycles. The molecule has 3 nitrogen and oxygen atoms in total. The number of carbonyl (C=O) groups excluding carboxylic acids is 1. The molecule has 8 heteroatoms. The number of aromatic nitrogens is 1. The minimum Gasteiger partial charge on any atom is -0.352 e. The molecule has 0 atom stereocenters. The Labute approximate surface area is 156 Å². The Morgan fingerprint density at radius 2 is 1.70 bits per heavy atom. The highest BCUT2D eigenvalue weighted by Crippen LogP contribution is 2.29. The molecule has 1 aromatic heterocycles. The molecule has 0 radical (unpaired) electrons. The van der Waals surface area contributed by atoms with Gasteiger partial charge in [-0.05, 0) is 48.5 Å². The molecule has 0 unspecified atom stereocenters. The molecule has 3 rings (SSSR count). The molecule has 0 fully saturated rings. The smallest absolute Gasteiger partial charge is 0.352 e. The van der Waals surface area contributed by atoms with Gasteiger partial charge in [-0.1, -0.05) is 0 Å². The van der Waals surface area contributed by atoms with Gasteiger partial charge in [0.15, 0.2) is 0 Å². The zero-order valence-electron chi connectivity index (χ0n) is 13.9. The van der Waals surface area contributed by atoms with E-state index in [0.717, 1.165) is 40.5 Å². The number of rotatable bonds is 5. The molecule has 0 spiro atoms. The van der Waals surface area contributed by atoms with Crippen LogP contribution in [0.2, 0.25) is 0 Å². The monoisotopic (exact) mass is 394 g/mol. The van der Waals surface area contributed by atoms with Gasteiger partial charge in [-0.2, -0.15) is 13.2 Å². The van der Waals surface area contributed by atoms with Gasteiger partial charge in [0, 0.05) is 29.5 Å². The highest BCUT2D eigenvalue weighted by molar-refractivity contribution is 7.13. The molecular weight excluding hydrogens is 380 g/mol. The third kappa shape index (κ3) is 4.91. The predicted molar refractivity (Wildman–Crippen MR) is 95.0 cm³/mol. The Morgan fingerprint density at radius 3 is 2.33 bits per heavy atom. The van der Waals surface area contributed by atoms with Crippen LogP contribution in [-0.4, -0.2) is 17.4 Å². The SMILES string of the molecule is O=C(NCCc1csc(-c2ccc(F)cc2)n1)c1ccc(C(F)(F)F)cc1. The summed E-state index contributed by atoms with van der Waals surface area (Å²) in [7, 11) is 0. The van der Waals surface area contributed by atoms with E-state index < -0.39 is 17.6 Å². The van der Waals surface area contributed by atoms with E-state index >= 15 is 0 Å². The number of halogens is 4. The van der Waals surface area contributed by atoms with Crippen LogP contribution in [0.25, 0.3) is 10.6 Å². The van der Waals surface area contributed by atoms with Crippen molar-refractivity contribution in [2.24, 2.45) is 0 Å². The number of alkyl halides is 3. The van der Waals surface area contributed by atoms with Crippen LogP contribution in [0.5, 0.6) is 0 Å². The van der Waals surface area contributed by atoms with Gasteiger partial charge in [0.25, 0.3) is 5.91 Å². The molecule has 140 valence electrons. The van der Waals surface area contributed by atoms with Gasteiger partial charge in [-0.25, -0.2) is 9.37 Å². The fourth-order valence-corrected chi connectivity index (χ4v) is 3.22. The number of benzene rings is 2. The summed E-state index contributed by atoms with van der Waals surface area (Å²) in [5.41, 5.74) is 0.941. The van der Waals surface area contributed by atoms with E-state index in [1.165, 1.54) is 23.5 Å². The molecule has 1 heterocycles. The molecule has 1 N–H and O–H groups in total. The fourth-order valence-electron chi connectivity index (χ4n) is 2.36. The van der Waals surface area contributed by atoms with Crippen molar-refractivity contribution in [1.29, 1.82) is 0 Å². The highest BCUT2D eigenvalue weighted by atomic mass is 32.1. The van der Waals surface area contributed by atoms with E-state index in [1.807, 2.05) is 5.38 Å². The lowest BCUT2D eigenvalue weighted by molar-refractivity contribution is -0.137. The molecule has 1 amide bonds.